The van der Waals surface area contributed by atoms with Crippen molar-refractivity contribution < 1.29 is 5.11 Å². The Morgan fingerprint density at radius 3 is 3.00 bits per heavy atom. The van der Waals surface area contributed by atoms with Gasteiger partial charge in [0.15, 0.2) is 0 Å². The first-order valence-corrected chi connectivity index (χ1v) is 4.99. The summed E-state index contributed by atoms with van der Waals surface area (Å²) in [5.41, 5.74) is 2.16. The summed E-state index contributed by atoms with van der Waals surface area (Å²) in [7, 11) is 0. The van der Waals surface area contributed by atoms with Crippen LogP contribution in [0.5, 0.6) is 0 Å². The molecule has 1 unspecified atom stereocenters. The molecular weight excluding hydrogens is 168 g/mol. The summed E-state index contributed by atoms with van der Waals surface area (Å²) < 4.78 is 0. The minimum Gasteiger partial charge on any atom is -0.388 e. The van der Waals surface area contributed by atoms with Gasteiger partial charge < -0.3 is 5.11 Å². The van der Waals surface area contributed by atoms with Gasteiger partial charge in [0.25, 0.3) is 0 Å². The van der Waals surface area contributed by atoms with Gasteiger partial charge in [-0.05, 0) is 42.2 Å². The molecule has 0 aromatic carbocycles. The minimum atomic E-state index is -0.312. The SMILES string of the molecule is C=C(C)CCC(O)c1ccsc1. The Kier molecular flexibility index (Phi) is 3.50. The van der Waals surface area contributed by atoms with Crippen LogP contribution in [0.3, 0.4) is 0 Å². The molecule has 1 N–H and O–H groups in total. The number of rotatable bonds is 4. The fourth-order valence-electron chi connectivity index (χ4n) is 1.01. The summed E-state index contributed by atoms with van der Waals surface area (Å²) >= 11 is 1.62. The first kappa shape index (κ1) is 9.49. The highest BCUT2D eigenvalue weighted by molar-refractivity contribution is 7.07. The van der Waals surface area contributed by atoms with Gasteiger partial charge in [0, 0.05) is 0 Å². The molecule has 0 aliphatic rings. The van der Waals surface area contributed by atoms with E-state index in [4.69, 9.17) is 0 Å². The number of allylic oxidation sites excluding steroid dienone is 1. The molecule has 0 saturated carbocycles. The standard InChI is InChI=1S/C10H14OS/c1-8(2)3-4-10(11)9-5-6-12-7-9/h5-7,10-11H,1,3-4H2,2H3. The Morgan fingerprint density at radius 2 is 2.50 bits per heavy atom. The van der Waals surface area contributed by atoms with Crippen molar-refractivity contribution in [3.05, 3.63) is 34.5 Å². The topological polar surface area (TPSA) is 20.2 Å². The van der Waals surface area contributed by atoms with Gasteiger partial charge in [-0.15, -0.1) is 6.58 Å². The van der Waals surface area contributed by atoms with Crippen LogP contribution in [0.15, 0.2) is 29.0 Å². The van der Waals surface area contributed by atoms with Crippen LogP contribution in [0, 0.1) is 0 Å². The van der Waals surface area contributed by atoms with E-state index < -0.39 is 0 Å². The number of hydrogen-bond acceptors (Lipinski definition) is 2. The molecule has 1 nitrogen and oxygen atoms in total. The molecule has 0 saturated heterocycles. The number of thiophene rings is 1. The van der Waals surface area contributed by atoms with E-state index in [-0.39, 0.29) is 6.10 Å². The van der Waals surface area contributed by atoms with Gasteiger partial charge in [-0.1, -0.05) is 5.57 Å². The summed E-state index contributed by atoms with van der Waals surface area (Å²) in [6.07, 6.45) is 1.37. The molecule has 2 heteroatoms. The summed E-state index contributed by atoms with van der Waals surface area (Å²) in [4.78, 5) is 0. The van der Waals surface area contributed by atoms with E-state index in [1.165, 1.54) is 0 Å². The molecular formula is C10H14OS. The summed E-state index contributed by atoms with van der Waals surface area (Å²) in [5, 5.41) is 13.6. The zero-order valence-electron chi connectivity index (χ0n) is 7.29. The monoisotopic (exact) mass is 182 g/mol. The smallest absolute Gasteiger partial charge is 0.0801 e. The molecule has 1 heterocycles. The van der Waals surface area contributed by atoms with Crippen LogP contribution in [0.2, 0.25) is 0 Å². The van der Waals surface area contributed by atoms with Crippen molar-refractivity contribution in [1.82, 2.24) is 0 Å². The molecule has 12 heavy (non-hydrogen) atoms. The third-order valence-corrected chi connectivity index (χ3v) is 2.47. The van der Waals surface area contributed by atoms with Gasteiger partial charge >= 0.3 is 0 Å². The Hall–Kier alpha value is -0.600. The molecule has 0 radical (unpaired) electrons. The quantitative estimate of drug-likeness (QED) is 0.709. The minimum absolute atomic E-state index is 0.312. The average Bonchev–Trinajstić information content (AvgIpc) is 2.51. The maximum absolute atomic E-state index is 9.62. The largest absolute Gasteiger partial charge is 0.388 e. The summed E-state index contributed by atoms with van der Waals surface area (Å²) in [5.74, 6) is 0. The highest BCUT2D eigenvalue weighted by Crippen LogP contribution is 2.21. The van der Waals surface area contributed by atoms with Gasteiger partial charge in [0.2, 0.25) is 0 Å². The molecule has 1 aromatic heterocycles. The zero-order valence-corrected chi connectivity index (χ0v) is 8.10. The van der Waals surface area contributed by atoms with E-state index in [0.717, 1.165) is 24.0 Å². The second kappa shape index (κ2) is 4.43. The Morgan fingerprint density at radius 1 is 1.75 bits per heavy atom. The Labute approximate surface area is 77.4 Å². The Bertz CT molecular complexity index is 238. The summed E-state index contributed by atoms with van der Waals surface area (Å²) in [6.45, 7) is 5.79. The molecule has 1 aromatic rings. The lowest BCUT2D eigenvalue weighted by molar-refractivity contribution is 0.168. The van der Waals surface area contributed by atoms with Gasteiger partial charge in [-0.2, -0.15) is 11.3 Å². The van der Waals surface area contributed by atoms with E-state index in [0.29, 0.717) is 0 Å². The van der Waals surface area contributed by atoms with Crippen molar-refractivity contribution in [3.8, 4) is 0 Å². The lowest BCUT2D eigenvalue weighted by Gasteiger charge is -2.07. The fraction of sp³-hybridized carbons (Fsp3) is 0.400. The second-order valence-electron chi connectivity index (χ2n) is 3.07. The van der Waals surface area contributed by atoms with Crippen LogP contribution >= 0.6 is 11.3 Å². The van der Waals surface area contributed by atoms with Crippen molar-refractivity contribution in [2.75, 3.05) is 0 Å². The van der Waals surface area contributed by atoms with Crippen molar-refractivity contribution in [2.24, 2.45) is 0 Å². The van der Waals surface area contributed by atoms with E-state index in [1.54, 1.807) is 11.3 Å². The molecule has 0 aliphatic heterocycles. The van der Waals surface area contributed by atoms with Crippen molar-refractivity contribution in [2.45, 2.75) is 25.9 Å². The van der Waals surface area contributed by atoms with Crippen molar-refractivity contribution >= 4 is 11.3 Å². The average molecular weight is 182 g/mol. The molecule has 0 bridgehead atoms. The predicted octanol–water partition coefficient (Wildman–Crippen LogP) is 3.14. The van der Waals surface area contributed by atoms with E-state index in [2.05, 4.69) is 6.58 Å². The lowest BCUT2D eigenvalue weighted by Crippen LogP contribution is -1.95. The molecule has 0 aliphatic carbocycles. The van der Waals surface area contributed by atoms with Gasteiger partial charge in [0.05, 0.1) is 6.10 Å². The van der Waals surface area contributed by atoms with Crippen LogP contribution in [0.4, 0.5) is 0 Å². The number of aliphatic hydroxyl groups excluding tert-OH is 1. The van der Waals surface area contributed by atoms with E-state index in [1.807, 2.05) is 23.8 Å². The van der Waals surface area contributed by atoms with Crippen molar-refractivity contribution in [3.63, 3.8) is 0 Å². The third kappa shape index (κ3) is 2.80. The van der Waals surface area contributed by atoms with Gasteiger partial charge in [-0.3, -0.25) is 0 Å². The van der Waals surface area contributed by atoms with Crippen LogP contribution in [-0.4, -0.2) is 5.11 Å². The maximum Gasteiger partial charge on any atom is 0.0801 e. The molecule has 0 fully saturated rings. The molecule has 66 valence electrons. The van der Waals surface area contributed by atoms with Gasteiger partial charge in [-0.25, -0.2) is 0 Å². The van der Waals surface area contributed by atoms with Crippen molar-refractivity contribution in [1.29, 1.82) is 0 Å². The van der Waals surface area contributed by atoms with Gasteiger partial charge in [0.1, 0.15) is 0 Å². The first-order valence-electron chi connectivity index (χ1n) is 4.04. The van der Waals surface area contributed by atoms with Crippen LogP contribution in [-0.2, 0) is 0 Å². The first-order chi connectivity index (χ1) is 5.70. The number of aliphatic hydroxyl groups is 1. The summed E-state index contributed by atoms with van der Waals surface area (Å²) in [6, 6.07) is 1.97. The molecule has 0 spiro atoms. The van der Waals surface area contributed by atoms with Crippen LogP contribution in [0.1, 0.15) is 31.4 Å². The highest BCUT2D eigenvalue weighted by Gasteiger charge is 2.06. The fourth-order valence-corrected chi connectivity index (χ4v) is 1.72. The molecule has 0 amide bonds. The normalized spacial score (nSPS) is 12.8. The molecule has 1 rings (SSSR count). The molecule has 1 atom stereocenters. The van der Waals surface area contributed by atoms with E-state index in [9.17, 15) is 5.11 Å². The Balaban J connectivity index is 2.39. The second-order valence-corrected chi connectivity index (χ2v) is 3.85. The zero-order chi connectivity index (χ0) is 8.97. The maximum atomic E-state index is 9.62. The van der Waals surface area contributed by atoms with Crippen LogP contribution in [0.25, 0.3) is 0 Å². The van der Waals surface area contributed by atoms with Crippen LogP contribution < -0.4 is 0 Å². The lowest BCUT2D eigenvalue weighted by atomic mass is 10.1. The van der Waals surface area contributed by atoms with E-state index >= 15 is 0 Å². The third-order valence-electron chi connectivity index (χ3n) is 1.77. The predicted molar refractivity (Wildman–Crippen MR) is 53.3 cm³/mol. The number of hydrogen-bond donors (Lipinski definition) is 1. The highest BCUT2D eigenvalue weighted by atomic mass is 32.1.